The molecule has 0 bridgehead atoms. The number of hydrogen-bond acceptors (Lipinski definition) is 7. The van der Waals surface area contributed by atoms with Gasteiger partial charge < -0.3 is 26.5 Å². The third-order valence-electron chi connectivity index (χ3n) is 5.07. The largest absolute Gasteiger partial charge is 0.398 e. The van der Waals surface area contributed by atoms with Crippen LogP contribution in [0.1, 0.15) is 36.6 Å². The van der Waals surface area contributed by atoms with Crippen molar-refractivity contribution in [3.05, 3.63) is 53.6 Å². The normalized spacial score (nSPS) is 19.8. The van der Waals surface area contributed by atoms with Crippen LogP contribution in [0.4, 0.5) is 11.5 Å². The van der Waals surface area contributed by atoms with Gasteiger partial charge in [0.15, 0.2) is 0 Å². The van der Waals surface area contributed by atoms with E-state index >= 15 is 0 Å². The number of nitrogen functional groups attached to an aromatic ring is 1. The number of benzene rings is 1. The maximum atomic E-state index is 10.4. The quantitative estimate of drug-likeness (QED) is 0.367. The molecule has 7 N–H and O–H groups in total. The third-order valence-corrected chi connectivity index (χ3v) is 5.07. The molecule has 0 saturated carbocycles. The molecule has 0 amide bonds. The Morgan fingerprint density at radius 3 is 2.83 bits per heavy atom. The predicted octanol–water partition coefficient (Wildman–Crippen LogP) is 1.01. The van der Waals surface area contributed by atoms with Crippen LogP contribution in [0.15, 0.2) is 36.8 Å². The molecular weight excluding hydrogens is 366 g/mol. The Bertz CT molecular complexity index is 952. The predicted molar refractivity (Wildman–Crippen MR) is 115 cm³/mol. The van der Waals surface area contributed by atoms with Gasteiger partial charge in [0.2, 0.25) is 0 Å². The van der Waals surface area contributed by atoms with E-state index in [2.05, 4.69) is 9.97 Å². The molecule has 2 heterocycles. The SMILES string of the molecule is C[NH2+]/C=C(\C=N)c1ccc(N)c(C(=N)c2cc(N3CCCC(C)(O)C3)ncn2)c1. The molecule has 0 radical (unpaired) electrons. The second-order valence-electron chi connectivity index (χ2n) is 7.56. The van der Waals surface area contributed by atoms with Crippen molar-refractivity contribution in [1.29, 1.82) is 10.8 Å². The minimum atomic E-state index is -0.749. The van der Waals surface area contributed by atoms with Crippen molar-refractivity contribution < 1.29 is 10.4 Å². The Hall–Kier alpha value is -3.10. The highest BCUT2D eigenvalue weighted by atomic mass is 16.3. The average Bonchev–Trinajstić information content (AvgIpc) is 2.71. The highest BCUT2D eigenvalue weighted by Gasteiger charge is 2.29. The Morgan fingerprint density at radius 2 is 2.14 bits per heavy atom. The third kappa shape index (κ3) is 4.67. The molecule has 1 saturated heterocycles. The number of hydrogen-bond donors (Lipinski definition) is 5. The van der Waals surface area contributed by atoms with E-state index in [4.69, 9.17) is 16.6 Å². The molecule has 3 rings (SSSR count). The molecule has 1 atom stereocenters. The van der Waals surface area contributed by atoms with Crippen molar-refractivity contribution in [3.8, 4) is 0 Å². The Kier molecular flexibility index (Phi) is 6.05. The van der Waals surface area contributed by atoms with E-state index in [1.165, 1.54) is 12.5 Å². The van der Waals surface area contributed by atoms with Crippen LogP contribution in [-0.2, 0) is 0 Å². The molecular formula is C21H28N7O+. The van der Waals surface area contributed by atoms with Crippen LogP contribution in [0.2, 0.25) is 0 Å². The van der Waals surface area contributed by atoms with Crippen molar-refractivity contribution in [1.82, 2.24) is 9.97 Å². The summed E-state index contributed by atoms with van der Waals surface area (Å²) in [6, 6.07) is 7.17. The smallest absolute Gasteiger partial charge is 0.132 e. The lowest BCUT2D eigenvalue weighted by Crippen LogP contribution is -2.72. The van der Waals surface area contributed by atoms with Crippen molar-refractivity contribution in [3.63, 3.8) is 0 Å². The molecule has 1 fully saturated rings. The molecule has 0 aliphatic carbocycles. The molecule has 1 aromatic heterocycles. The fraction of sp³-hybridized carbons (Fsp3) is 0.333. The van der Waals surface area contributed by atoms with E-state index in [9.17, 15) is 5.11 Å². The number of piperidine rings is 1. The number of aliphatic hydroxyl groups is 1. The molecule has 1 aliphatic rings. The molecule has 8 heteroatoms. The van der Waals surface area contributed by atoms with Gasteiger partial charge in [0.25, 0.3) is 0 Å². The number of quaternary nitrogens is 1. The van der Waals surface area contributed by atoms with Crippen LogP contribution in [0.5, 0.6) is 0 Å². The van der Waals surface area contributed by atoms with E-state index in [0.29, 0.717) is 29.3 Å². The van der Waals surface area contributed by atoms with Gasteiger partial charge in [-0.2, -0.15) is 0 Å². The molecule has 1 aliphatic heterocycles. The Labute approximate surface area is 170 Å². The second-order valence-corrected chi connectivity index (χ2v) is 7.56. The average molecular weight is 395 g/mol. The molecule has 152 valence electrons. The molecule has 8 nitrogen and oxygen atoms in total. The monoisotopic (exact) mass is 394 g/mol. The zero-order chi connectivity index (χ0) is 21.0. The van der Waals surface area contributed by atoms with Crippen molar-refractivity contribution in [2.24, 2.45) is 0 Å². The van der Waals surface area contributed by atoms with Crippen LogP contribution in [0, 0.1) is 10.8 Å². The summed E-state index contributed by atoms with van der Waals surface area (Å²) < 4.78 is 0. The maximum Gasteiger partial charge on any atom is 0.132 e. The van der Waals surface area contributed by atoms with Gasteiger partial charge in [0, 0.05) is 36.6 Å². The van der Waals surface area contributed by atoms with Crippen molar-refractivity contribution >= 4 is 29.0 Å². The van der Waals surface area contributed by atoms with Gasteiger partial charge in [0.05, 0.1) is 29.6 Å². The summed E-state index contributed by atoms with van der Waals surface area (Å²) >= 11 is 0. The van der Waals surface area contributed by atoms with E-state index in [0.717, 1.165) is 30.5 Å². The van der Waals surface area contributed by atoms with Gasteiger partial charge in [-0.05, 0) is 37.5 Å². The minimum Gasteiger partial charge on any atom is -0.398 e. The topological polar surface area (TPSA) is 140 Å². The first-order chi connectivity index (χ1) is 13.8. The highest BCUT2D eigenvalue weighted by Crippen LogP contribution is 2.26. The lowest BCUT2D eigenvalue weighted by molar-refractivity contribution is -0.555. The van der Waals surface area contributed by atoms with Crippen LogP contribution < -0.4 is 16.0 Å². The Morgan fingerprint density at radius 1 is 1.34 bits per heavy atom. The number of aromatic nitrogens is 2. The van der Waals surface area contributed by atoms with Gasteiger partial charge in [0.1, 0.15) is 18.3 Å². The molecule has 0 spiro atoms. The maximum absolute atomic E-state index is 10.4. The van der Waals surface area contributed by atoms with Gasteiger partial charge >= 0.3 is 0 Å². The molecule has 2 aromatic rings. The number of nitrogens with two attached hydrogens (primary N) is 2. The standard InChI is InChI=1S/C21H27N7O/c1-21(29)6-3-7-28(12-21)19-9-18(26-13-27-19)20(24)16-8-14(4-5-17(16)23)15(10-22)11-25-2/h4-5,8-11,13,22,24-25,29H,3,6-7,12,23H2,1-2H3/p+1/b15-11+,22-10?,24-20?. The number of anilines is 2. The van der Waals surface area contributed by atoms with Gasteiger partial charge in [-0.1, -0.05) is 6.07 Å². The zero-order valence-electron chi connectivity index (χ0n) is 16.8. The number of allylic oxidation sites excluding steroid dienone is 1. The summed E-state index contributed by atoms with van der Waals surface area (Å²) in [6.07, 6.45) is 6.21. The fourth-order valence-corrected chi connectivity index (χ4v) is 3.57. The first kappa shape index (κ1) is 20.6. The summed E-state index contributed by atoms with van der Waals surface area (Å²) in [5.74, 6) is 0.690. The fourth-order valence-electron chi connectivity index (χ4n) is 3.57. The molecule has 1 aromatic carbocycles. The zero-order valence-corrected chi connectivity index (χ0v) is 16.8. The number of rotatable bonds is 6. The van der Waals surface area contributed by atoms with Crippen LogP contribution >= 0.6 is 0 Å². The van der Waals surface area contributed by atoms with Crippen LogP contribution in [0.25, 0.3) is 5.57 Å². The van der Waals surface area contributed by atoms with E-state index in [1.807, 2.05) is 42.5 Å². The number of β-amino-alcohol motifs (C(OH)–C–C–N with tert-alkyl or cyclic N) is 1. The van der Waals surface area contributed by atoms with Gasteiger partial charge in [-0.15, -0.1) is 0 Å². The van der Waals surface area contributed by atoms with Gasteiger partial charge in [-0.25, -0.2) is 9.97 Å². The van der Waals surface area contributed by atoms with Crippen LogP contribution in [0.3, 0.4) is 0 Å². The van der Waals surface area contributed by atoms with Crippen LogP contribution in [-0.4, -0.2) is 52.7 Å². The lowest BCUT2D eigenvalue weighted by atomic mass is 9.95. The van der Waals surface area contributed by atoms with Crippen molar-refractivity contribution in [2.75, 3.05) is 30.8 Å². The molecule has 29 heavy (non-hydrogen) atoms. The van der Waals surface area contributed by atoms with E-state index in [1.54, 1.807) is 12.1 Å². The summed E-state index contributed by atoms with van der Waals surface area (Å²) in [7, 11) is 1.89. The summed E-state index contributed by atoms with van der Waals surface area (Å²) in [5, 5.41) is 28.5. The Balaban J connectivity index is 1.93. The summed E-state index contributed by atoms with van der Waals surface area (Å²) in [6.45, 7) is 3.13. The second kappa shape index (κ2) is 8.50. The lowest BCUT2D eigenvalue weighted by Gasteiger charge is -2.37. The summed E-state index contributed by atoms with van der Waals surface area (Å²) in [4.78, 5) is 10.6. The van der Waals surface area contributed by atoms with Gasteiger partial charge in [-0.3, -0.25) is 5.41 Å². The number of nitrogens with zero attached hydrogens (tertiary/aromatic N) is 3. The number of nitrogens with one attached hydrogen (secondary N) is 2. The summed E-state index contributed by atoms with van der Waals surface area (Å²) in [5.41, 5.74) is 8.64. The molecule has 1 unspecified atom stereocenters. The highest BCUT2D eigenvalue weighted by molar-refractivity contribution is 6.15. The van der Waals surface area contributed by atoms with E-state index < -0.39 is 5.60 Å². The minimum absolute atomic E-state index is 0.196. The first-order valence-corrected chi connectivity index (χ1v) is 9.63. The van der Waals surface area contributed by atoms with E-state index in [-0.39, 0.29) is 5.71 Å². The first-order valence-electron chi connectivity index (χ1n) is 9.63. The van der Waals surface area contributed by atoms with Crippen molar-refractivity contribution in [2.45, 2.75) is 25.4 Å².